The number of aromatic amines is 1. The van der Waals surface area contributed by atoms with E-state index in [2.05, 4.69) is 23.8 Å². The van der Waals surface area contributed by atoms with E-state index in [1.54, 1.807) is 11.0 Å². The van der Waals surface area contributed by atoms with Gasteiger partial charge in [-0.05, 0) is 44.9 Å². The molecule has 1 aromatic heterocycles. The summed E-state index contributed by atoms with van der Waals surface area (Å²) >= 11 is 0. The van der Waals surface area contributed by atoms with Crippen LogP contribution in [0.1, 0.15) is 55.9 Å². The monoisotopic (exact) mass is 333 g/mol. The zero-order chi connectivity index (χ0) is 17.9. The molecular weight excluding hydrogens is 306 g/mol. The summed E-state index contributed by atoms with van der Waals surface area (Å²) in [6, 6.07) is 1.84. The fraction of sp³-hybridized carbons (Fsp3) is 0.556. The number of H-pyrrole nitrogens is 1. The predicted molar refractivity (Wildman–Crippen MR) is 93.9 cm³/mol. The molecule has 0 atom stereocenters. The number of nitrogens with zero attached hydrogens (tertiary/aromatic N) is 1. The van der Waals surface area contributed by atoms with E-state index >= 15 is 0 Å². The first kappa shape index (κ1) is 18.1. The molecule has 0 aromatic carbocycles. The Morgan fingerprint density at radius 3 is 2.67 bits per heavy atom. The van der Waals surface area contributed by atoms with Crippen LogP contribution in [0, 0.1) is 0 Å². The Morgan fingerprint density at radius 2 is 2.12 bits per heavy atom. The van der Waals surface area contributed by atoms with Gasteiger partial charge in [0.15, 0.2) is 0 Å². The van der Waals surface area contributed by atoms with Crippen LogP contribution in [0.3, 0.4) is 0 Å². The lowest BCUT2D eigenvalue weighted by Gasteiger charge is -2.39. The Balaban J connectivity index is 1.88. The first-order chi connectivity index (χ1) is 11.2. The number of rotatable bonds is 5. The highest BCUT2D eigenvalue weighted by molar-refractivity contribution is 5.94. The Kier molecular flexibility index (Phi) is 5.36. The summed E-state index contributed by atoms with van der Waals surface area (Å²) in [6.07, 6.45) is 3.22. The topological polar surface area (TPSA) is 74.4 Å². The zero-order valence-corrected chi connectivity index (χ0v) is 14.9. The van der Waals surface area contributed by atoms with Gasteiger partial charge in [0.2, 0.25) is 0 Å². The third kappa shape index (κ3) is 4.40. The number of hydrogen-bond acceptors (Lipinski definition) is 3. The van der Waals surface area contributed by atoms with Crippen molar-refractivity contribution >= 4 is 18.1 Å². The minimum Gasteiger partial charge on any atom is -0.444 e. The number of aryl methyl sites for hydroxylation is 1. The molecule has 6 nitrogen and oxygen atoms in total. The van der Waals surface area contributed by atoms with Crippen molar-refractivity contribution in [1.82, 2.24) is 15.2 Å². The fourth-order valence-electron chi connectivity index (χ4n) is 2.67. The van der Waals surface area contributed by atoms with Gasteiger partial charge in [0.1, 0.15) is 11.3 Å². The highest BCUT2D eigenvalue weighted by Crippen LogP contribution is 2.19. The summed E-state index contributed by atoms with van der Waals surface area (Å²) in [7, 11) is 0. The van der Waals surface area contributed by atoms with E-state index in [0.29, 0.717) is 18.8 Å². The number of likely N-dealkylation sites (tertiary alicyclic amines) is 1. The van der Waals surface area contributed by atoms with E-state index in [4.69, 9.17) is 4.74 Å². The largest absolute Gasteiger partial charge is 0.444 e. The van der Waals surface area contributed by atoms with Crippen molar-refractivity contribution in [2.45, 2.75) is 52.2 Å². The van der Waals surface area contributed by atoms with Gasteiger partial charge in [0.25, 0.3) is 5.91 Å². The van der Waals surface area contributed by atoms with Crippen molar-refractivity contribution in [3.8, 4) is 0 Å². The molecule has 6 heteroatoms. The van der Waals surface area contributed by atoms with Gasteiger partial charge < -0.3 is 19.9 Å². The molecule has 1 aromatic rings. The van der Waals surface area contributed by atoms with Crippen LogP contribution in [0.25, 0.3) is 6.08 Å². The highest BCUT2D eigenvalue weighted by atomic mass is 16.6. The summed E-state index contributed by atoms with van der Waals surface area (Å²) in [5, 5.41) is 2.78. The molecule has 2 N–H and O–H groups in total. The molecule has 1 saturated heterocycles. The number of nitrogens with one attached hydrogen (secondary N) is 2. The van der Waals surface area contributed by atoms with Crippen LogP contribution in [-0.2, 0) is 11.2 Å². The molecule has 1 aliphatic rings. The number of amides is 2. The van der Waals surface area contributed by atoms with E-state index in [-0.39, 0.29) is 11.9 Å². The van der Waals surface area contributed by atoms with Crippen molar-refractivity contribution in [1.29, 1.82) is 0 Å². The van der Waals surface area contributed by atoms with Gasteiger partial charge in [0.05, 0.1) is 6.04 Å². The molecule has 132 valence electrons. The van der Waals surface area contributed by atoms with Crippen LogP contribution < -0.4 is 5.32 Å². The molecule has 2 amide bonds. The van der Waals surface area contributed by atoms with Crippen LogP contribution in [0.15, 0.2) is 12.6 Å². The second-order valence-corrected chi connectivity index (χ2v) is 7.13. The second kappa shape index (κ2) is 7.11. The quantitative estimate of drug-likeness (QED) is 0.870. The van der Waals surface area contributed by atoms with Crippen molar-refractivity contribution in [2.75, 3.05) is 13.1 Å². The van der Waals surface area contributed by atoms with E-state index in [9.17, 15) is 9.59 Å². The molecule has 2 heterocycles. The highest BCUT2D eigenvalue weighted by Gasteiger charge is 2.34. The van der Waals surface area contributed by atoms with Crippen LogP contribution >= 0.6 is 0 Å². The Hall–Kier alpha value is -2.24. The number of carbonyl (C=O) groups excluding carboxylic acids is 2. The summed E-state index contributed by atoms with van der Waals surface area (Å²) in [4.78, 5) is 29.0. The lowest BCUT2D eigenvalue weighted by Crippen LogP contribution is -2.61. The third-order valence-corrected chi connectivity index (χ3v) is 3.78. The van der Waals surface area contributed by atoms with Crippen molar-refractivity contribution in [3.63, 3.8) is 0 Å². The van der Waals surface area contributed by atoms with Crippen molar-refractivity contribution < 1.29 is 14.3 Å². The smallest absolute Gasteiger partial charge is 0.407 e. The SMILES string of the molecule is C=Cc1[nH]c(C(=O)N2CC(NC(=O)OC(C)(C)C)C2)cc1CCC. The van der Waals surface area contributed by atoms with Crippen molar-refractivity contribution in [3.05, 3.63) is 29.6 Å². The van der Waals surface area contributed by atoms with Gasteiger partial charge in [-0.3, -0.25) is 4.79 Å². The number of ether oxygens (including phenoxy) is 1. The minimum absolute atomic E-state index is 0.0531. The van der Waals surface area contributed by atoms with Crippen LogP contribution in [0.4, 0.5) is 4.79 Å². The van der Waals surface area contributed by atoms with E-state index < -0.39 is 11.7 Å². The number of carbonyl (C=O) groups is 2. The summed E-state index contributed by atoms with van der Waals surface area (Å²) in [6.45, 7) is 12.3. The van der Waals surface area contributed by atoms with Gasteiger partial charge in [-0.15, -0.1) is 0 Å². The second-order valence-electron chi connectivity index (χ2n) is 7.13. The summed E-state index contributed by atoms with van der Waals surface area (Å²) in [5.41, 5.74) is 2.07. The van der Waals surface area contributed by atoms with Gasteiger partial charge >= 0.3 is 6.09 Å². The molecule has 24 heavy (non-hydrogen) atoms. The maximum absolute atomic E-state index is 12.5. The molecule has 0 spiro atoms. The van der Waals surface area contributed by atoms with Crippen molar-refractivity contribution in [2.24, 2.45) is 0 Å². The molecule has 0 saturated carbocycles. The number of alkyl carbamates (subject to hydrolysis) is 1. The summed E-state index contributed by atoms with van der Waals surface area (Å²) in [5.74, 6) is -0.0531. The van der Waals surface area contributed by atoms with Gasteiger partial charge in [0, 0.05) is 18.8 Å². The first-order valence-corrected chi connectivity index (χ1v) is 8.36. The summed E-state index contributed by atoms with van der Waals surface area (Å²) < 4.78 is 5.21. The average molecular weight is 333 g/mol. The maximum atomic E-state index is 12.5. The maximum Gasteiger partial charge on any atom is 0.407 e. The minimum atomic E-state index is -0.523. The average Bonchev–Trinajstić information content (AvgIpc) is 2.83. The molecule has 0 bridgehead atoms. The predicted octanol–water partition coefficient (Wildman–Crippen LogP) is 2.96. The number of aromatic nitrogens is 1. The molecule has 0 radical (unpaired) electrons. The molecule has 1 fully saturated rings. The standard InChI is InChI=1S/C18H27N3O3/c1-6-8-12-9-15(20-14(12)7-2)16(22)21-10-13(11-21)19-17(23)24-18(3,4)5/h7,9,13,20H,2,6,8,10-11H2,1,3-5H3,(H,19,23). The van der Waals surface area contributed by atoms with Gasteiger partial charge in [-0.1, -0.05) is 19.9 Å². The van der Waals surface area contributed by atoms with E-state index in [1.807, 2.05) is 26.8 Å². The Labute approximate surface area is 143 Å². The van der Waals surface area contributed by atoms with E-state index in [1.165, 1.54) is 0 Å². The molecular formula is C18H27N3O3. The van der Waals surface area contributed by atoms with Gasteiger partial charge in [-0.25, -0.2) is 4.79 Å². The zero-order valence-electron chi connectivity index (χ0n) is 14.9. The Bertz CT molecular complexity index is 622. The molecule has 0 unspecified atom stereocenters. The molecule has 0 aliphatic carbocycles. The fourth-order valence-corrected chi connectivity index (χ4v) is 2.67. The van der Waals surface area contributed by atoms with Gasteiger partial charge in [-0.2, -0.15) is 0 Å². The van der Waals surface area contributed by atoms with Crippen LogP contribution in [0.5, 0.6) is 0 Å². The first-order valence-electron chi connectivity index (χ1n) is 8.36. The number of hydrogen-bond donors (Lipinski definition) is 2. The van der Waals surface area contributed by atoms with E-state index in [0.717, 1.165) is 24.1 Å². The normalized spacial score (nSPS) is 14.9. The van der Waals surface area contributed by atoms with Crippen LogP contribution in [0.2, 0.25) is 0 Å². The lowest BCUT2D eigenvalue weighted by molar-refractivity contribution is 0.0357. The molecule has 2 rings (SSSR count). The third-order valence-electron chi connectivity index (χ3n) is 3.78. The Morgan fingerprint density at radius 1 is 1.46 bits per heavy atom. The lowest BCUT2D eigenvalue weighted by atomic mass is 10.1. The molecule has 1 aliphatic heterocycles. The van der Waals surface area contributed by atoms with Crippen LogP contribution in [-0.4, -0.2) is 46.6 Å².